The SMILES string of the molecule is COc1cc2nc(CN3CCN(c4ccccc4Cl)CC3)nc(N)c2cc1OC. The van der Waals surface area contributed by atoms with Crippen LogP contribution in [0.4, 0.5) is 11.5 Å². The second-order valence-electron chi connectivity index (χ2n) is 6.96. The Kier molecular flexibility index (Phi) is 5.60. The van der Waals surface area contributed by atoms with Crippen LogP contribution in [0, 0.1) is 0 Å². The monoisotopic (exact) mass is 413 g/mol. The molecule has 1 aliphatic rings. The summed E-state index contributed by atoms with van der Waals surface area (Å²) in [4.78, 5) is 13.9. The first kappa shape index (κ1) is 19.5. The highest BCUT2D eigenvalue weighted by Gasteiger charge is 2.20. The largest absolute Gasteiger partial charge is 0.493 e. The molecule has 0 saturated carbocycles. The molecule has 4 rings (SSSR count). The molecule has 3 aromatic rings. The zero-order valence-electron chi connectivity index (χ0n) is 16.6. The molecule has 0 spiro atoms. The van der Waals surface area contributed by atoms with Crippen LogP contribution in [-0.2, 0) is 6.54 Å². The Morgan fingerprint density at radius 2 is 1.69 bits per heavy atom. The summed E-state index contributed by atoms with van der Waals surface area (Å²) in [5.74, 6) is 2.38. The number of benzene rings is 2. The van der Waals surface area contributed by atoms with Crippen molar-refractivity contribution >= 4 is 34.0 Å². The average Bonchev–Trinajstić information content (AvgIpc) is 2.74. The van der Waals surface area contributed by atoms with Gasteiger partial charge in [0.25, 0.3) is 0 Å². The van der Waals surface area contributed by atoms with Crippen molar-refractivity contribution in [3.8, 4) is 11.5 Å². The van der Waals surface area contributed by atoms with E-state index in [0.717, 1.165) is 47.8 Å². The first-order valence-corrected chi connectivity index (χ1v) is 9.87. The van der Waals surface area contributed by atoms with E-state index in [2.05, 4.69) is 20.9 Å². The van der Waals surface area contributed by atoms with Crippen molar-refractivity contribution in [3.63, 3.8) is 0 Å². The number of para-hydroxylation sites is 1. The summed E-state index contributed by atoms with van der Waals surface area (Å²) in [7, 11) is 3.20. The van der Waals surface area contributed by atoms with Gasteiger partial charge in [-0.3, -0.25) is 4.90 Å². The van der Waals surface area contributed by atoms with Crippen molar-refractivity contribution < 1.29 is 9.47 Å². The number of halogens is 1. The normalized spacial score (nSPS) is 14.9. The van der Waals surface area contributed by atoms with Gasteiger partial charge in [0.05, 0.1) is 37.0 Å². The number of ether oxygens (including phenoxy) is 2. The van der Waals surface area contributed by atoms with E-state index in [1.165, 1.54) is 0 Å². The fourth-order valence-corrected chi connectivity index (χ4v) is 3.91. The van der Waals surface area contributed by atoms with Crippen molar-refractivity contribution in [2.24, 2.45) is 0 Å². The predicted octanol–water partition coefficient (Wildman–Crippen LogP) is 3.20. The molecule has 0 radical (unpaired) electrons. The maximum Gasteiger partial charge on any atom is 0.162 e. The number of anilines is 2. The van der Waals surface area contributed by atoms with Gasteiger partial charge in [-0.15, -0.1) is 0 Å². The fraction of sp³-hybridized carbons (Fsp3) is 0.333. The topological polar surface area (TPSA) is 76.7 Å². The Morgan fingerprint density at radius 1 is 1.00 bits per heavy atom. The van der Waals surface area contributed by atoms with E-state index in [0.29, 0.717) is 29.7 Å². The Morgan fingerprint density at radius 3 is 2.38 bits per heavy atom. The molecule has 0 atom stereocenters. The summed E-state index contributed by atoms with van der Waals surface area (Å²) in [5, 5.41) is 1.55. The zero-order chi connectivity index (χ0) is 20.4. The van der Waals surface area contributed by atoms with Crippen molar-refractivity contribution in [2.45, 2.75) is 6.54 Å². The standard InChI is InChI=1S/C21H24ClN5O2/c1-28-18-11-14-16(12-19(18)29-2)24-20(25-21(14)23)13-26-7-9-27(10-8-26)17-6-4-3-5-15(17)22/h3-6,11-12H,7-10,13H2,1-2H3,(H2,23,24,25). The highest BCUT2D eigenvalue weighted by molar-refractivity contribution is 6.33. The van der Waals surface area contributed by atoms with E-state index in [1.807, 2.05) is 30.3 Å². The smallest absolute Gasteiger partial charge is 0.162 e. The quantitative estimate of drug-likeness (QED) is 0.688. The predicted molar refractivity (Wildman–Crippen MR) is 116 cm³/mol. The number of aromatic nitrogens is 2. The van der Waals surface area contributed by atoms with Gasteiger partial charge < -0.3 is 20.1 Å². The van der Waals surface area contributed by atoms with Gasteiger partial charge >= 0.3 is 0 Å². The van der Waals surface area contributed by atoms with Gasteiger partial charge in [-0.2, -0.15) is 0 Å². The number of nitrogen functional groups attached to an aromatic ring is 1. The third-order valence-electron chi connectivity index (χ3n) is 5.21. The van der Waals surface area contributed by atoms with Gasteiger partial charge in [0, 0.05) is 37.6 Å². The van der Waals surface area contributed by atoms with E-state index in [1.54, 1.807) is 14.2 Å². The summed E-state index contributed by atoms with van der Waals surface area (Å²) in [6.07, 6.45) is 0. The molecule has 29 heavy (non-hydrogen) atoms. The van der Waals surface area contributed by atoms with Gasteiger partial charge in [-0.1, -0.05) is 23.7 Å². The van der Waals surface area contributed by atoms with Crippen molar-refractivity contribution in [1.29, 1.82) is 0 Å². The molecule has 2 N–H and O–H groups in total. The van der Waals surface area contributed by atoms with Crippen molar-refractivity contribution in [2.75, 3.05) is 51.0 Å². The van der Waals surface area contributed by atoms with Crippen LogP contribution in [0.25, 0.3) is 10.9 Å². The Balaban J connectivity index is 1.49. The molecule has 0 unspecified atom stereocenters. The summed E-state index contributed by atoms with van der Waals surface area (Å²) in [5.41, 5.74) is 8.04. The molecule has 1 fully saturated rings. The first-order valence-electron chi connectivity index (χ1n) is 9.49. The number of fused-ring (bicyclic) bond motifs is 1. The zero-order valence-corrected chi connectivity index (χ0v) is 17.3. The maximum atomic E-state index is 6.33. The van der Waals surface area contributed by atoms with Crippen LogP contribution in [0.3, 0.4) is 0 Å². The number of hydrogen-bond donors (Lipinski definition) is 1. The van der Waals surface area contributed by atoms with Gasteiger partial charge in [-0.05, 0) is 18.2 Å². The van der Waals surface area contributed by atoms with Crippen LogP contribution in [0.1, 0.15) is 5.82 Å². The molecule has 2 aromatic carbocycles. The Bertz CT molecular complexity index is 1020. The van der Waals surface area contributed by atoms with Gasteiger partial charge in [0.15, 0.2) is 11.5 Å². The molecule has 2 heterocycles. The average molecular weight is 414 g/mol. The van der Waals surface area contributed by atoms with Crippen LogP contribution in [0.5, 0.6) is 11.5 Å². The molecular formula is C21H24ClN5O2. The number of nitrogens with zero attached hydrogens (tertiary/aromatic N) is 4. The number of hydrogen-bond acceptors (Lipinski definition) is 7. The molecule has 0 aliphatic carbocycles. The van der Waals surface area contributed by atoms with E-state index < -0.39 is 0 Å². The van der Waals surface area contributed by atoms with Gasteiger partial charge in [0.1, 0.15) is 11.6 Å². The van der Waals surface area contributed by atoms with Crippen LogP contribution in [-0.4, -0.2) is 55.3 Å². The molecular weight excluding hydrogens is 390 g/mol. The Hall–Kier alpha value is -2.77. The van der Waals surface area contributed by atoms with Crippen molar-refractivity contribution in [1.82, 2.24) is 14.9 Å². The third kappa shape index (κ3) is 4.02. The minimum absolute atomic E-state index is 0.445. The minimum Gasteiger partial charge on any atom is -0.493 e. The van der Waals surface area contributed by atoms with E-state index >= 15 is 0 Å². The lowest BCUT2D eigenvalue weighted by molar-refractivity contribution is 0.244. The van der Waals surface area contributed by atoms with Crippen LogP contribution < -0.4 is 20.1 Å². The van der Waals surface area contributed by atoms with Crippen LogP contribution in [0.2, 0.25) is 5.02 Å². The molecule has 152 valence electrons. The maximum absolute atomic E-state index is 6.33. The summed E-state index contributed by atoms with van der Waals surface area (Å²) in [6, 6.07) is 11.6. The van der Waals surface area contributed by atoms with E-state index in [9.17, 15) is 0 Å². The number of methoxy groups -OCH3 is 2. The molecule has 0 bridgehead atoms. The highest BCUT2D eigenvalue weighted by Crippen LogP contribution is 2.33. The summed E-state index contributed by atoms with van der Waals surface area (Å²) >= 11 is 6.33. The Labute approximate surface area is 175 Å². The molecule has 7 nitrogen and oxygen atoms in total. The number of nitrogens with two attached hydrogens (primary N) is 1. The van der Waals surface area contributed by atoms with E-state index in [4.69, 9.17) is 31.8 Å². The van der Waals surface area contributed by atoms with Crippen LogP contribution in [0.15, 0.2) is 36.4 Å². The molecule has 1 aliphatic heterocycles. The number of rotatable bonds is 5. The fourth-order valence-electron chi connectivity index (χ4n) is 3.66. The second kappa shape index (κ2) is 8.31. The first-order chi connectivity index (χ1) is 14.1. The second-order valence-corrected chi connectivity index (χ2v) is 7.37. The summed E-state index contributed by atoms with van der Waals surface area (Å²) < 4.78 is 10.7. The summed E-state index contributed by atoms with van der Waals surface area (Å²) in [6.45, 7) is 4.25. The van der Waals surface area contributed by atoms with Crippen LogP contribution >= 0.6 is 11.6 Å². The lowest BCUT2D eigenvalue weighted by Crippen LogP contribution is -2.46. The van der Waals surface area contributed by atoms with Gasteiger partial charge in [0.2, 0.25) is 0 Å². The third-order valence-corrected chi connectivity index (χ3v) is 5.53. The lowest BCUT2D eigenvalue weighted by Gasteiger charge is -2.36. The molecule has 1 saturated heterocycles. The lowest BCUT2D eigenvalue weighted by atomic mass is 10.2. The van der Waals surface area contributed by atoms with Gasteiger partial charge in [-0.25, -0.2) is 9.97 Å². The molecule has 1 aromatic heterocycles. The number of piperazine rings is 1. The molecule has 0 amide bonds. The highest BCUT2D eigenvalue weighted by atomic mass is 35.5. The van der Waals surface area contributed by atoms with E-state index in [-0.39, 0.29) is 0 Å². The van der Waals surface area contributed by atoms with Crippen molar-refractivity contribution in [3.05, 3.63) is 47.2 Å². The molecule has 8 heteroatoms. The minimum atomic E-state index is 0.445.